The summed E-state index contributed by atoms with van der Waals surface area (Å²) in [6.45, 7) is 2.56. The van der Waals surface area contributed by atoms with Gasteiger partial charge in [0.2, 0.25) is 0 Å². The fourth-order valence-electron chi connectivity index (χ4n) is 2.44. The molecule has 1 aromatic rings. The lowest BCUT2D eigenvalue weighted by molar-refractivity contribution is -0.139. The summed E-state index contributed by atoms with van der Waals surface area (Å²) in [7, 11) is 1.72. The van der Waals surface area contributed by atoms with Crippen molar-refractivity contribution in [3.63, 3.8) is 0 Å². The van der Waals surface area contributed by atoms with Gasteiger partial charge in [-0.3, -0.25) is 4.79 Å². The van der Waals surface area contributed by atoms with Crippen LogP contribution in [0, 0.1) is 0 Å². The molecule has 0 aromatic carbocycles. The van der Waals surface area contributed by atoms with Gasteiger partial charge in [0, 0.05) is 16.9 Å². The van der Waals surface area contributed by atoms with Gasteiger partial charge in [-0.1, -0.05) is 6.92 Å². The number of rotatable bonds is 5. The fraction of sp³-hybridized carbons (Fsp3) is 0.615. The van der Waals surface area contributed by atoms with E-state index < -0.39 is 12.0 Å². The highest BCUT2D eigenvalue weighted by atomic mass is 32.1. The number of aryl methyl sites for hydroxylation is 1. The van der Waals surface area contributed by atoms with Gasteiger partial charge in [-0.25, -0.2) is 0 Å². The number of likely N-dealkylation sites (N-methyl/N-ethyl adjacent to an activating group) is 1. The van der Waals surface area contributed by atoms with Crippen LogP contribution in [0.2, 0.25) is 0 Å². The third-order valence-electron chi connectivity index (χ3n) is 3.30. The highest BCUT2D eigenvalue weighted by Crippen LogP contribution is 2.39. The van der Waals surface area contributed by atoms with Gasteiger partial charge in [0.15, 0.2) is 0 Å². The zero-order valence-corrected chi connectivity index (χ0v) is 11.5. The predicted octanol–water partition coefficient (Wildman–Crippen LogP) is 2.51. The van der Waals surface area contributed by atoms with Crippen molar-refractivity contribution < 1.29 is 14.6 Å². The molecule has 0 fully saturated rings. The van der Waals surface area contributed by atoms with E-state index in [1.807, 2.05) is 13.0 Å². The number of carbonyl (C=O) groups is 1. The summed E-state index contributed by atoms with van der Waals surface area (Å²) < 4.78 is 5.47. The van der Waals surface area contributed by atoms with Gasteiger partial charge in [0.25, 0.3) is 0 Å². The topological polar surface area (TPSA) is 58.6 Å². The smallest absolute Gasteiger partial charge is 0.326 e. The molecule has 18 heavy (non-hydrogen) atoms. The van der Waals surface area contributed by atoms with E-state index in [1.165, 1.54) is 10.4 Å². The molecule has 1 aliphatic rings. The molecule has 0 saturated heterocycles. The van der Waals surface area contributed by atoms with Gasteiger partial charge < -0.3 is 15.2 Å². The van der Waals surface area contributed by atoms with E-state index in [9.17, 15) is 9.90 Å². The number of carboxylic acid groups (broad SMARTS) is 1. The van der Waals surface area contributed by atoms with E-state index in [0.29, 0.717) is 6.54 Å². The first-order valence-electron chi connectivity index (χ1n) is 6.28. The zero-order valence-electron chi connectivity index (χ0n) is 10.7. The lowest BCUT2D eigenvalue weighted by Crippen LogP contribution is -2.27. The molecule has 0 spiro atoms. The number of ether oxygens (including phenoxy) is 1. The number of methoxy groups -OCH3 is 1. The van der Waals surface area contributed by atoms with Crippen molar-refractivity contribution in [1.82, 2.24) is 5.32 Å². The van der Waals surface area contributed by atoms with Crippen LogP contribution >= 0.6 is 11.3 Å². The summed E-state index contributed by atoms with van der Waals surface area (Å²) in [5.41, 5.74) is 1.19. The SMILES string of the molecule is CCNC(C(=O)O)c1cc2c(s1)CCCC2OC. The Morgan fingerprint density at radius 1 is 1.72 bits per heavy atom. The van der Waals surface area contributed by atoms with Crippen LogP contribution in [-0.2, 0) is 16.0 Å². The lowest BCUT2D eigenvalue weighted by Gasteiger charge is -2.20. The molecule has 0 bridgehead atoms. The second-order valence-electron chi connectivity index (χ2n) is 4.47. The number of carboxylic acids is 1. The number of thiophene rings is 1. The zero-order chi connectivity index (χ0) is 13.1. The Morgan fingerprint density at radius 2 is 2.50 bits per heavy atom. The normalized spacial score (nSPS) is 20.4. The minimum Gasteiger partial charge on any atom is -0.480 e. The average Bonchev–Trinajstić information content (AvgIpc) is 2.78. The monoisotopic (exact) mass is 269 g/mol. The minimum atomic E-state index is -0.815. The Hall–Kier alpha value is -0.910. The Morgan fingerprint density at radius 3 is 3.11 bits per heavy atom. The van der Waals surface area contributed by atoms with E-state index in [-0.39, 0.29) is 6.10 Å². The van der Waals surface area contributed by atoms with E-state index >= 15 is 0 Å². The molecule has 1 aromatic heterocycles. The van der Waals surface area contributed by atoms with Crippen molar-refractivity contribution in [3.05, 3.63) is 21.4 Å². The molecular weight excluding hydrogens is 250 g/mol. The molecular formula is C13H19NO3S. The quantitative estimate of drug-likeness (QED) is 0.862. The molecule has 1 heterocycles. The number of fused-ring (bicyclic) bond motifs is 1. The molecule has 2 atom stereocenters. The number of nitrogens with one attached hydrogen (secondary N) is 1. The largest absolute Gasteiger partial charge is 0.480 e. The third kappa shape index (κ3) is 2.58. The van der Waals surface area contributed by atoms with E-state index in [1.54, 1.807) is 18.4 Å². The van der Waals surface area contributed by atoms with Crippen molar-refractivity contribution in [2.45, 2.75) is 38.3 Å². The average molecular weight is 269 g/mol. The van der Waals surface area contributed by atoms with Crippen molar-refractivity contribution >= 4 is 17.3 Å². The highest BCUT2D eigenvalue weighted by molar-refractivity contribution is 7.12. The molecule has 0 amide bonds. The molecule has 2 N–H and O–H groups in total. The van der Waals surface area contributed by atoms with Crippen LogP contribution in [0.25, 0.3) is 0 Å². The summed E-state index contributed by atoms with van der Waals surface area (Å²) in [5.74, 6) is -0.815. The van der Waals surface area contributed by atoms with Crippen LogP contribution in [0.5, 0.6) is 0 Å². The Bertz CT molecular complexity index is 430. The number of hydrogen-bond acceptors (Lipinski definition) is 4. The summed E-state index contributed by atoms with van der Waals surface area (Å²) in [6.07, 6.45) is 3.32. The van der Waals surface area contributed by atoms with Gasteiger partial charge in [0.1, 0.15) is 6.04 Å². The molecule has 0 radical (unpaired) electrons. The van der Waals surface area contributed by atoms with Crippen LogP contribution in [0.15, 0.2) is 6.07 Å². The van der Waals surface area contributed by atoms with Gasteiger partial charge in [-0.2, -0.15) is 0 Å². The first-order chi connectivity index (χ1) is 8.67. The maximum atomic E-state index is 11.3. The van der Waals surface area contributed by atoms with Crippen molar-refractivity contribution in [1.29, 1.82) is 0 Å². The second kappa shape index (κ2) is 5.82. The Balaban J connectivity index is 2.29. The molecule has 4 nitrogen and oxygen atoms in total. The molecule has 2 unspecified atom stereocenters. The molecule has 5 heteroatoms. The van der Waals surface area contributed by atoms with E-state index in [0.717, 1.165) is 24.1 Å². The van der Waals surface area contributed by atoms with Gasteiger partial charge in [-0.15, -0.1) is 11.3 Å². The van der Waals surface area contributed by atoms with Crippen LogP contribution in [0.1, 0.15) is 47.2 Å². The van der Waals surface area contributed by atoms with Crippen molar-refractivity contribution in [2.75, 3.05) is 13.7 Å². The van der Waals surface area contributed by atoms with Gasteiger partial charge >= 0.3 is 5.97 Å². The number of hydrogen-bond donors (Lipinski definition) is 2. The van der Waals surface area contributed by atoms with Crippen molar-refractivity contribution in [3.8, 4) is 0 Å². The Kier molecular flexibility index (Phi) is 4.37. The van der Waals surface area contributed by atoms with Gasteiger partial charge in [0.05, 0.1) is 6.10 Å². The summed E-state index contributed by atoms with van der Waals surface area (Å²) in [6, 6.07) is 1.41. The van der Waals surface area contributed by atoms with E-state index in [2.05, 4.69) is 5.32 Å². The standard InChI is InChI=1S/C13H19NO3S/c1-3-14-12(13(15)16)11-7-8-9(17-2)5-4-6-10(8)18-11/h7,9,12,14H,3-6H2,1-2H3,(H,15,16). The highest BCUT2D eigenvalue weighted by Gasteiger charge is 2.27. The fourth-order valence-corrected chi connectivity index (χ4v) is 3.76. The minimum absolute atomic E-state index is 0.134. The molecule has 0 aliphatic heterocycles. The summed E-state index contributed by atoms with van der Waals surface area (Å²) in [5, 5.41) is 12.3. The molecule has 1 aliphatic carbocycles. The van der Waals surface area contributed by atoms with Crippen molar-refractivity contribution in [2.24, 2.45) is 0 Å². The first kappa shape index (κ1) is 13.5. The third-order valence-corrected chi connectivity index (χ3v) is 4.58. The molecule has 100 valence electrons. The molecule has 0 saturated carbocycles. The van der Waals surface area contributed by atoms with Crippen LogP contribution in [0.3, 0.4) is 0 Å². The lowest BCUT2D eigenvalue weighted by atomic mass is 9.95. The van der Waals surface area contributed by atoms with Crippen LogP contribution in [-0.4, -0.2) is 24.7 Å². The summed E-state index contributed by atoms with van der Waals surface area (Å²) >= 11 is 1.61. The second-order valence-corrected chi connectivity index (χ2v) is 5.64. The van der Waals surface area contributed by atoms with Gasteiger partial charge in [-0.05, 0) is 37.4 Å². The van der Waals surface area contributed by atoms with Crippen LogP contribution in [0.4, 0.5) is 0 Å². The van der Waals surface area contributed by atoms with Crippen LogP contribution < -0.4 is 5.32 Å². The first-order valence-corrected chi connectivity index (χ1v) is 7.10. The predicted molar refractivity (Wildman–Crippen MR) is 71.1 cm³/mol. The maximum Gasteiger partial charge on any atom is 0.326 e. The maximum absolute atomic E-state index is 11.3. The van der Waals surface area contributed by atoms with E-state index in [4.69, 9.17) is 4.74 Å². The molecule has 2 rings (SSSR count). The summed E-state index contributed by atoms with van der Waals surface area (Å²) in [4.78, 5) is 13.4. The number of aliphatic carboxylic acids is 1. The Labute approximate surface area is 111 Å².